The minimum atomic E-state index is -0.370. The van der Waals surface area contributed by atoms with Crippen molar-refractivity contribution >= 4 is 11.7 Å². The highest BCUT2D eigenvalue weighted by Gasteiger charge is 2.42. The molecule has 7 heteroatoms. The van der Waals surface area contributed by atoms with Gasteiger partial charge in [-0.2, -0.15) is 0 Å². The Bertz CT molecular complexity index is 1160. The second-order valence-electron chi connectivity index (χ2n) is 9.82. The molecule has 0 bridgehead atoms. The summed E-state index contributed by atoms with van der Waals surface area (Å²) in [5.74, 6) is -0.359. The molecule has 194 valence electrons. The SMILES string of the molecule is O=C(Nc1ccc(F)cc1)N[C@@H]1C[C@@H]2O[C@H](CO)CC[C@@H]2O[C@@H]1CCc1ccc(-c2ccccc2)cc1. The molecule has 0 aromatic heterocycles. The maximum absolute atomic E-state index is 13.2. The highest BCUT2D eigenvalue weighted by Crippen LogP contribution is 2.33. The van der Waals surface area contributed by atoms with Crippen LogP contribution in [0, 0.1) is 5.82 Å². The number of amides is 2. The molecule has 3 N–H and O–H groups in total. The van der Waals surface area contributed by atoms with Crippen molar-refractivity contribution in [3.63, 3.8) is 0 Å². The van der Waals surface area contributed by atoms with Crippen molar-refractivity contribution < 1.29 is 23.8 Å². The molecule has 37 heavy (non-hydrogen) atoms. The molecule has 0 aliphatic carbocycles. The van der Waals surface area contributed by atoms with Crippen molar-refractivity contribution in [3.05, 3.63) is 90.2 Å². The molecule has 2 fully saturated rings. The fourth-order valence-corrected chi connectivity index (χ4v) is 5.25. The van der Waals surface area contributed by atoms with Crippen LogP contribution in [0.5, 0.6) is 0 Å². The average Bonchev–Trinajstić information content (AvgIpc) is 2.93. The van der Waals surface area contributed by atoms with Crippen LogP contribution in [0.2, 0.25) is 0 Å². The summed E-state index contributed by atoms with van der Waals surface area (Å²) in [7, 11) is 0. The zero-order valence-electron chi connectivity index (χ0n) is 20.7. The summed E-state index contributed by atoms with van der Waals surface area (Å²) in [4.78, 5) is 12.8. The predicted molar refractivity (Wildman–Crippen MR) is 141 cm³/mol. The molecule has 2 amide bonds. The van der Waals surface area contributed by atoms with E-state index >= 15 is 0 Å². The van der Waals surface area contributed by atoms with Gasteiger partial charge in [-0.15, -0.1) is 0 Å². The number of hydrogen-bond donors (Lipinski definition) is 3. The summed E-state index contributed by atoms with van der Waals surface area (Å²) < 4.78 is 25.8. The highest BCUT2D eigenvalue weighted by atomic mass is 19.1. The van der Waals surface area contributed by atoms with Crippen LogP contribution in [0.1, 0.15) is 31.2 Å². The Labute approximate surface area is 216 Å². The van der Waals surface area contributed by atoms with Gasteiger partial charge in [0.2, 0.25) is 0 Å². The first-order valence-electron chi connectivity index (χ1n) is 13.0. The van der Waals surface area contributed by atoms with Gasteiger partial charge in [-0.05, 0) is 73.1 Å². The van der Waals surface area contributed by atoms with Crippen LogP contribution < -0.4 is 10.6 Å². The Morgan fingerprint density at radius 1 is 0.892 bits per heavy atom. The van der Waals surface area contributed by atoms with Gasteiger partial charge >= 0.3 is 6.03 Å². The molecular formula is C30H33FN2O4. The lowest BCUT2D eigenvalue weighted by Crippen LogP contribution is -2.58. The van der Waals surface area contributed by atoms with E-state index in [1.54, 1.807) is 0 Å². The van der Waals surface area contributed by atoms with Crippen molar-refractivity contribution in [2.24, 2.45) is 0 Å². The standard InChI is InChI=1S/C30H33FN2O4/c31-23-11-13-24(14-12-23)32-30(35)33-26-18-29-28(17-15-25(19-34)36-29)37-27(26)16-8-20-6-9-22(10-7-20)21-4-2-1-3-5-21/h1-7,9-14,25-29,34H,8,15-19H2,(H2,32,33,35)/t25-,26+,27+,28-,29-/m0/s1. The number of benzene rings is 3. The van der Waals surface area contributed by atoms with Gasteiger partial charge in [-0.1, -0.05) is 54.6 Å². The van der Waals surface area contributed by atoms with Gasteiger partial charge < -0.3 is 25.2 Å². The van der Waals surface area contributed by atoms with E-state index < -0.39 is 0 Å². The average molecular weight is 505 g/mol. The molecular weight excluding hydrogens is 471 g/mol. The summed E-state index contributed by atoms with van der Waals surface area (Å²) in [5.41, 5.74) is 4.08. The van der Waals surface area contributed by atoms with E-state index in [0.717, 1.165) is 25.7 Å². The first kappa shape index (κ1) is 25.4. The van der Waals surface area contributed by atoms with Gasteiger partial charge in [0, 0.05) is 5.69 Å². The molecule has 0 radical (unpaired) electrons. The number of carbonyl (C=O) groups excluding carboxylic acids is 1. The number of hydrogen-bond acceptors (Lipinski definition) is 4. The maximum atomic E-state index is 13.2. The number of anilines is 1. The van der Waals surface area contributed by atoms with Gasteiger partial charge in [0.1, 0.15) is 5.82 Å². The Morgan fingerprint density at radius 2 is 1.62 bits per heavy atom. The Balaban J connectivity index is 1.24. The monoisotopic (exact) mass is 504 g/mol. The van der Waals surface area contributed by atoms with Crippen molar-refractivity contribution in [1.82, 2.24) is 5.32 Å². The number of urea groups is 1. The van der Waals surface area contributed by atoms with E-state index in [9.17, 15) is 14.3 Å². The summed E-state index contributed by atoms with van der Waals surface area (Å²) in [6.07, 6.45) is 3.15. The third-order valence-electron chi connectivity index (χ3n) is 7.24. The number of aryl methyl sites for hydroxylation is 1. The third-order valence-corrected chi connectivity index (χ3v) is 7.24. The molecule has 5 rings (SSSR count). The zero-order valence-corrected chi connectivity index (χ0v) is 20.7. The number of rotatable bonds is 7. The van der Waals surface area contributed by atoms with Gasteiger partial charge in [0.25, 0.3) is 0 Å². The summed E-state index contributed by atoms with van der Waals surface area (Å²) >= 11 is 0. The molecule has 5 atom stereocenters. The molecule has 2 aliphatic rings. The van der Waals surface area contributed by atoms with Crippen molar-refractivity contribution in [2.45, 2.75) is 62.6 Å². The number of nitrogens with one attached hydrogen (secondary N) is 2. The first-order chi connectivity index (χ1) is 18.1. The number of aliphatic hydroxyl groups is 1. The van der Waals surface area contributed by atoms with E-state index in [4.69, 9.17) is 9.47 Å². The second-order valence-corrected chi connectivity index (χ2v) is 9.82. The molecule has 2 heterocycles. The minimum Gasteiger partial charge on any atom is -0.394 e. The smallest absolute Gasteiger partial charge is 0.319 e. The molecule has 2 aliphatic heterocycles. The molecule has 0 unspecified atom stereocenters. The highest BCUT2D eigenvalue weighted by molar-refractivity contribution is 5.89. The molecule has 3 aromatic carbocycles. The molecule has 6 nitrogen and oxygen atoms in total. The normalized spacial score (nSPS) is 25.2. The topological polar surface area (TPSA) is 79.8 Å². The minimum absolute atomic E-state index is 0.0191. The van der Waals surface area contributed by atoms with Gasteiger partial charge in [0.15, 0.2) is 0 Å². The van der Waals surface area contributed by atoms with E-state index in [-0.39, 0.29) is 48.9 Å². The number of aliphatic hydroxyl groups excluding tert-OH is 1. The van der Waals surface area contributed by atoms with Crippen LogP contribution in [0.4, 0.5) is 14.9 Å². The second kappa shape index (κ2) is 11.9. The van der Waals surface area contributed by atoms with Crippen LogP contribution in [0.15, 0.2) is 78.9 Å². The zero-order chi connectivity index (χ0) is 25.6. The number of carbonyl (C=O) groups is 1. The van der Waals surface area contributed by atoms with E-state index in [1.807, 2.05) is 18.2 Å². The lowest BCUT2D eigenvalue weighted by Gasteiger charge is -2.45. The Morgan fingerprint density at radius 3 is 2.35 bits per heavy atom. The van der Waals surface area contributed by atoms with Gasteiger partial charge in [0.05, 0.1) is 37.1 Å². The quantitative estimate of drug-likeness (QED) is 0.407. The van der Waals surface area contributed by atoms with Crippen LogP contribution in [0.25, 0.3) is 11.1 Å². The Kier molecular flexibility index (Phi) is 8.14. The summed E-state index contributed by atoms with van der Waals surface area (Å²) in [6, 6.07) is 23.9. The lowest BCUT2D eigenvalue weighted by molar-refractivity contribution is -0.201. The maximum Gasteiger partial charge on any atom is 0.319 e. The number of halogens is 1. The van der Waals surface area contributed by atoms with E-state index in [2.05, 4.69) is 47.0 Å². The van der Waals surface area contributed by atoms with E-state index in [0.29, 0.717) is 12.1 Å². The van der Waals surface area contributed by atoms with E-state index in [1.165, 1.54) is 41.0 Å². The van der Waals surface area contributed by atoms with Crippen LogP contribution in [-0.2, 0) is 15.9 Å². The van der Waals surface area contributed by atoms with Gasteiger partial charge in [-0.3, -0.25) is 0 Å². The number of fused-ring (bicyclic) bond motifs is 1. The fraction of sp³-hybridized carbons (Fsp3) is 0.367. The van der Waals surface area contributed by atoms with Crippen molar-refractivity contribution in [2.75, 3.05) is 11.9 Å². The first-order valence-corrected chi connectivity index (χ1v) is 13.0. The van der Waals surface area contributed by atoms with Crippen LogP contribution in [0.3, 0.4) is 0 Å². The van der Waals surface area contributed by atoms with Crippen molar-refractivity contribution in [1.29, 1.82) is 0 Å². The molecule has 2 saturated heterocycles. The molecule has 3 aromatic rings. The third kappa shape index (κ3) is 6.55. The number of ether oxygens (including phenoxy) is 2. The summed E-state index contributed by atoms with van der Waals surface area (Å²) in [5, 5.41) is 15.4. The largest absolute Gasteiger partial charge is 0.394 e. The predicted octanol–water partition coefficient (Wildman–Crippen LogP) is 5.31. The van der Waals surface area contributed by atoms with Gasteiger partial charge in [-0.25, -0.2) is 9.18 Å². The molecule has 0 saturated carbocycles. The summed E-state index contributed by atoms with van der Waals surface area (Å²) in [6.45, 7) is -0.0191. The molecule has 0 spiro atoms. The fourth-order valence-electron chi connectivity index (χ4n) is 5.25. The lowest BCUT2D eigenvalue weighted by atomic mass is 9.88. The van der Waals surface area contributed by atoms with Crippen LogP contribution in [-0.4, -0.2) is 48.2 Å². The van der Waals surface area contributed by atoms with Crippen molar-refractivity contribution in [3.8, 4) is 11.1 Å². The van der Waals surface area contributed by atoms with Crippen LogP contribution >= 0.6 is 0 Å². The Hall–Kier alpha value is -3.26.